The third kappa shape index (κ3) is 3.58. The van der Waals surface area contributed by atoms with Gasteiger partial charge in [-0.25, -0.2) is 4.98 Å². The Balaban J connectivity index is 2.01. The molecule has 0 radical (unpaired) electrons. The van der Waals surface area contributed by atoms with Gasteiger partial charge in [-0.2, -0.15) is 0 Å². The first-order chi connectivity index (χ1) is 9.22. The van der Waals surface area contributed by atoms with Crippen molar-refractivity contribution in [2.45, 2.75) is 26.4 Å². The SMILES string of the molecule is CCc1cccc(OCc2nc(CCN)cn2C)c1. The first kappa shape index (κ1) is 13.6. The van der Waals surface area contributed by atoms with Crippen LogP contribution in [0.25, 0.3) is 0 Å². The second-order valence-electron chi connectivity index (χ2n) is 4.59. The van der Waals surface area contributed by atoms with Crippen molar-refractivity contribution in [3.8, 4) is 5.75 Å². The summed E-state index contributed by atoms with van der Waals surface area (Å²) in [6, 6.07) is 8.17. The van der Waals surface area contributed by atoms with E-state index in [2.05, 4.69) is 24.0 Å². The number of nitrogens with zero attached hydrogens (tertiary/aromatic N) is 2. The lowest BCUT2D eigenvalue weighted by atomic mass is 10.2. The molecular formula is C15H21N3O. The lowest BCUT2D eigenvalue weighted by Crippen LogP contribution is -2.04. The Labute approximate surface area is 114 Å². The van der Waals surface area contributed by atoms with Crippen LogP contribution in [0, 0.1) is 0 Å². The highest BCUT2D eigenvalue weighted by atomic mass is 16.5. The zero-order valence-corrected chi connectivity index (χ0v) is 11.6. The van der Waals surface area contributed by atoms with Gasteiger partial charge < -0.3 is 15.0 Å². The summed E-state index contributed by atoms with van der Waals surface area (Å²) in [5, 5.41) is 0. The molecule has 1 aromatic heterocycles. The summed E-state index contributed by atoms with van der Waals surface area (Å²) in [5.74, 6) is 1.81. The van der Waals surface area contributed by atoms with Crippen LogP contribution < -0.4 is 10.5 Å². The van der Waals surface area contributed by atoms with Crippen molar-refractivity contribution in [2.75, 3.05) is 6.54 Å². The molecule has 0 unspecified atom stereocenters. The average Bonchev–Trinajstić information content (AvgIpc) is 2.77. The molecule has 4 heteroatoms. The Morgan fingerprint density at radius 1 is 1.37 bits per heavy atom. The van der Waals surface area contributed by atoms with Gasteiger partial charge >= 0.3 is 0 Å². The average molecular weight is 259 g/mol. The molecule has 1 aromatic carbocycles. The molecule has 102 valence electrons. The predicted molar refractivity (Wildman–Crippen MR) is 76.1 cm³/mol. The van der Waals surface area contributed by atoms with E-state index in [1.807, 2.05) is 29.9 Å². The van der Waals surface area contributed by atoms with Crippen LogP contribution in [-0.2, 0) is 26.5 Å². The molecule has 2 N–H and O–H groups in total. The molecular weight excluding hydrogens is 238 g/mol. The number of hydrogen-bond donors (Lipinski definition) is 1. The molecule has 4 nitrogen and oxygen atoms in total. The van der Waals surface area contributed by atoms with Crippen molar-refractivity contribution >= 4 is 0 Å². The minimum Gasteiger partial charge on any atom is -0.486 e. The van der Waals surface area contributed by atoms with Crippen molar-refractivity contribution in [1.82, 2.24) is 9.55 Å². The molecule has 0 aliphatic heterocycles. The quantitative estimate of drug-likeness (QED) is 0.864. The van der Waals surface area contributed by atoms with E-state index in [1.54, 1.807) is 0 Å². The van der Waals surface area contributed by atoms with E-state index in [0.29, 0.717) is 13.2 Å². The maximum Gasteiger partial charge on any atom is 0.146 e. The van der Waals surface area contributed by atoms with E-state index in [1.165, 1.54) is 5.56 Å². The number of rotatable bonds is 6. The van der Waals surface area contributed by atoms with E-state index < -0.39 is 0 Å². The van der Waals surface area contributed by atoms with Crippen LogP contribution in [0.4, 0.5) is 0 Å². The summed E-state index contributed by atoms with van der Waals surface area (Å²) in [4.78, 5) is 4.52. The topological polar surface area (TPSA) is 53.1 Å². The normalized spacial score (nSPS) is 10.7. The fourth-order valence-electron chi connectivity index (χ4n) is 1.98. The predicted octanol–water partition coefficient (Wildman–Crippen LogP) is 2.06. The second-order valence-corrected chi connectivity index (χ2v) is 4.59. The molecule has 19 heavy (non-hydrogen) atoms. The van der Waals surface area contributed by atoms with Crippen molar-refractivity contribution in [2.24, 2.45) is 12.8 Å². The minimum atomic E-state index is 0.480. The fourth-order valence-corrected chi connectivity index (χ4v) is 1.98. The molecule has 2 rings (SSSR count). The van der Waals surface area contributed by atoms with Gasteiger partial charge in [0.2, 0.25) is 0 Å². The van der Waals surface area contributed by atoms with Crippen LogP contribution in [0.5, 0.6) is 5.75 Å². The van der Waals surface area contributed by atoms with Crippen LogP contribution >= 0.6 is 0 Å². The highest BCUT2D eigenvalue weighted by Crippen LogP contribution is 2.15. The number of aryl methyl sites for hydroxylation is 2. The van der Waals surface area contributed by atoms with E-state index >= 15 is 0 Å². The molecule has 0 aliphatic rings. The van der Waals surface area contributed by atoms with Crippen LogP contribution in [0.2, 0.25) is 0 Å². The third-order valence-corrected chi connectivity index (χ3v) is 3.10. The van der Waals surface area contributed by atoms with Crippen LogP contribution in [0.3, 0.4) is 0 Å². The Hall–Kier alpha value is -1.81. The molecule has 0 amide bonds. The lowest BCUT2D eigenvalue weighted by molar-refractivity contribution is 0.291. The van der Waals surface area contributed by atoms with Gasteiger partial charge in [-0.05, 0) is 30.7 Å². The number of hydrogen-bond acceptors (Lipinski definition) is 3. The van der Waals surface area contributed by atoms with Gasteiger partial charge in [0.25, 0.3) is 0 Å². The maximum atomic E-state index is 5.79. The lowest BCUT2D eigenvalue weighted by Gasteiger charge is -2.07. The van der Waals surface area contributed by atoms with Gasteiger partial charge in [0.15, 0.2) is 0 Å². The van der Waals surface area contributed by atoms with Crippen LogP contribution in [0.15, 0.2) is 30.5 Å². The number of aromatic nitrogens is 2. The van der Waals surface area contributed by atoms with E-state index in [4.69, 9.17) is 10.5 Å². The highest BCUT2D eigenvalue weighted by Gasteiger charge is 2.05. The van der Waals surface area contributed by atoms with Gasteiger partial charge in [-0.15, -0.1) is 0 Å². The molecule has 0 saturated carbocycles. The molecule has 0 fully saturated rings. The first-order valence-electron chi connectivity index (χ1n) is 6.66. The van der Waals surface area contributed by atoms with E-state index in [9.17, 15) is 0 Å². The number of benzene rings is 1. The molecule has 0 saturated heterocycles. The standard InChI is InChI=1S/C15H21N3O/c1-3-12-5-4-6-14(9-12)19-11-15-17-13(7-8-16)10-18(15)2/h4-6,9-10H,3,7-8,11,16H2,1-2H3. The largest absolute Gasteiger partial charge is 0.486 e. The Bertz CT molecular complexity index is 534. The van der Waals surface area contributed by atoms with E-state index in [0.717, 1.165) is 30.1 Å². The second kappa shape index (κ2) is 6.38. The Morgan fingerprint density at radius 3 is 2.95 bits per heavy atom. The summed E-state index contributed by atoms with van der Waals surface area (Å²) < 4.78 is 7.79. The fraction of sp³-hybridized carbons (Fsp3) is 0.400. The maximum absolute atomic E-state index is 5.79. The monoisotopic (exact) mass is 259 g/mol. The smallest absolute Gasteiger partial charge is 0.146 e. The van der Waals surface area contributed by atoms with Gasteiger partial charge in [0, 0.05) is 19.7 Å². The minimum absolute atomic E-state index is 0.480. The summed E-state index contributed by atoms with van der Waals surface area (Å²) >= 11 is 0. The molecule has 2 aromatic rings. The van der Waals surface area contributed by atoms with Crippen molar-refractivity contribution in [3.63, 3.8) is 0 Å². The van der Waals surface area contributed by atoms with Gasteiger partial charge in [0.05, 0.1) is 5.69 Å². The van der Waals surface area contributed by atoms with Gasteiger partial charge in [-0.1, -0.05) is 19.1 Å². The summed E-state index contributed by atoms with van der Waals surface area (Å²) in [5.41, 5.74) is 7.83. The zero-order valence-electron chi connectivity index (χ0n) is 11.6. The van der Waals surface area contributed by atoms with Gasteiger partial charge in [-0.3, -0.25) is 0 Å². The molecule has 0 aliphatic carbocycles. The number of nitrogens with two attached hydrogens (primary N) is 1. The molecule has 0 spiro atoms. The van der Waals surface area contributed by atoms with Crippen molar-refractivity contribution < 1.29 is 4.74 Å². The molecule has 1 heterocycles. The van der Waals surface area contributed by atoms with Crippen molar-refractivity contribution in [3.05, 3.63) is 47.5 Å². The molecule has 0 bridgehead atoms. The summed E-state index contributed by atoms with van der Waals surface area (Å²) in [7, 11) is 1.98. The highest BCUT2D eigenvalue weighted by molar-refractivity contribution is 5.28. The van der Waals surface area contributed by atoms with E-state index in [-0.39, 0.29) is 0 Å². The Morgan fingerprint density at radius 2 is 2.21 bits per heavy atom. The third-order valence-electron chi connectivity index (χ3n) is 3.10. The summed E-state index contributed by atoms with van der Waals surface area (Å²) in [6.45, 7) is 3.24. The number of ether oxygens (including phenoxy) is 1. The van der Waals surface area contributed by atoms with Gasteiger partial charge in [0.1, 0.15) is 18.2 Å². The first-order valence-corrected chi connectivity index (χ1v) is 6.66. The zero-order chi connectivity index (χ0) is 13.7. The van der Waals surface area contributed by atoms with Crippen LogP contribution in [-0.4, -0.2) is 16.1 Å². The van der Waals surface area contributed by atoms with Crippen LogP contribution in [0.1, 0.15) is 24.0 Å². The molecule has 0 atom stereocenters. The summed E-state index contributed by atoms with van der Waals surface area (Å²) in [6.07, 6.45) is 3.83. The van der Waals surface area contributed by atoms with Crippen molar-refractivity contribution in [1.29, 1.82) is 0 Å². The number of imidazole rings is 1. The Kier molecular flexibility index (Phi) is 4.58.